The molecule has 122 valence electrons. The zero-order chi connectivity index (χ0) is 16.8. The number of amides is 1. The van der Waals surface area contributed by atoms with Crippen LogP contribution >= 0.6 is 22.9 Å². The fourth-order valence-corrected chi connectivity index (χ4v) is 3.72. The van der Waals surface area contributed by atoms with Gasteiger partial charge in [0, 0.05) is 11.8 Å². The lowest BCUT2D eigenvalue weighted by Crippen LogP contribution is -2.14. The minimum absolute atomic E-state index is 0.292. The van der Waals surface area contributed by atoms with Crippen LogP contribution in [0.1, 0.15) is 12.0 Å². The van der Waals surface area contributed by atoms with E-state index in [2.05, 4.69) is 15.3 Å². The van der Waals surface area contributed by atoms with Crippen molar-refractivity contribution in [3.8, 4) is 11.1 Å². The molecule has 2 heterocycles. The van der Waals surface area contributed by atoms with Crippen molar-refractivity contribution in [1.29, 1.82) is 0 Å². The Morgan fingerprint density at radius 3 is 2.92 bits per heavy atom. The number of benzene rings is 1. The van der Waals surface area contributed by atoms with Gasteiger partial charge in [0.1, 0.15) is 11.3 Å². The maximum absolute atomic E-state index is 12.9. The lowest BCUT2D eigenvalue weighted by molar-refractivity contribution is -0.117. The summed E-state index contributed by atoms with van der Waals surface area (Å²) in [6, 6.07) is 7.70. The van der Waals surface area contributed by atoms with Gasteiger partial charge in [0.15, 0.2) is 5.13 Å². The Morgan fingerprint density at radius 2 is 2.21 bits per heavy atom. The normalized spacial score (nSPS) is 19.5. The predicted octanol–water partition coefficient (Wildman–Crippen LogP) is 4.62. The molecule has 4 nitrogen and oxygen atoms in total. The molecule has 7 heteroatoms. The van der Waals surface area contributed by atoms with Crippen LogP contribution in [0.15, 0.2) is 30.5 Å². The van der Waals surface area contributed by atoms with E-state index in [1.807, 2.05) is 31.2 Å². The highest BCUT2D eigenvalue weighted by Crippen LogP contribution is 2.36. The second kappa shape index (κ2) is 5.79. The third-order valence-electron chi connectivity index (χ3n) is 4.06. The first-order valence-electron chi connectivity index (χ1n) is 7.49. The number of anilines is 1. The van der Waals surface area contributed by atoms with Crippen LogP contribution in [0.25, 0.3) is 21.3 Å². The highest BCUT2D eigenvalue weighted by molar-refractivity contribution is 7.22. The molecular weight excluding hydrogens is 349 g/mol. The van der Waals surface area contributed by atoms with Crippen molar-refractivity contribution in [2.45, 2.75) is 19.5 Å². The number of thiazole rings is 1. The van der Waals surface area contributed by atoms with Crippen molar-refractivity contribution in [3.05, 3.63) is 41.2 Å². The van der Waals surface area contributed by atoms with Gasteiger partial charge in [-0.1, -0.05) is 29.0 Å². The summed E-state index contributed by atoms with van der Waals surface area (Å²) in [5.41, 5.74) is 3.84. The average molecular weight is 362 g/mol. The standard InChI is InChI=1S/C17H13ClFN3OS/c1-8-4-15(18)20-7-11(8)9-2-3-13-14(5-9)24-17(21-13)22-16(23)10-6-12(10)19/h2-5,7,10,12H,6H2,1H3,(H,21,22,23)/t10-,12+/m1/s1. The summed E-state index contributed by atoms with van der Waals surface area (Å²) < 4.78 is 13.9. The molecule has 2 aromatic heterocycles. The first kappa shape index (κ1) is 15.5. The van der Waals surface area contributed by atoms with E-state index in [0.717, 1.165) is 26.9 Å². The number of fused-ring (bicyclic) bond motifs is 1. The van der Waals surface area contributed by atoms with Gasteiger partial charge in [-0.3, -0.25) is 4.79 Å². The Kier molecular flexibility index (Phi) is 3.73. The Hall–Kier alpha value is -2.05. The molecule has 0 unspecified atom stereocenters. The van der Waals surface area contributed by atoms with Crippen molar-refractivity contribution in [1.82, 2.24) is 9.97 Å². The zero-order valence-electron chi connectivity index (χ0n) is 12.7. The summed E-state index contributed by atoms with van der Waals surface area (Å²) in [5.74, 6) is -0.810. The molecular formula is C17H13ClFN3OS. The number of alkyl halides is 1. The number of aromatic nitrogens is 2. The quantitative estimate of drug-likeness (QED) is 0.693. The summed E-state index contributed by atoms with van der Waals surface area (Å²) in [5, 5.41) is 3.66. The largest absolute Gasteiger partial charge is 0.302 e. The molecule has 0 bridgehead atoms. The molecule has 0 saturated heterocycles. The average Bonchev–Trinajstić information content (AvgIpc) is 3.13. The molecule has 1 aromatic carbocycles. The van der Waals surface area contributed by atoms with Gasteiger partial charge in [-0.15, -0.1) is 0 Å². The number of carbonyl (C=O) groups excluding carboxylic acids is 1. The van der Waals surface area contributed by atoms with Gasteiger partial charge in [0.25, 0.3) is 0 Å². The van der Waals surface area contributed by atoms with E-state index in [1.165, 1.54) is 11.3 Å². The van der Waals surface area contributed by atoms with Gasteiger partial charge in [-0.2, -0.15) is 0 Å². The van der Waals surface area contributed by atoms with Gasteiger partial charge in [0.2, 0.25) is 5.91 Å². The molecule has 0 radical (unpaired) electrons. The van der Waals surface area contributed by atoms with Crippen LogP contribution in [0.4, 0.5) is 9.52 Å². The number of aryl methyl sites for hydroxylation is 1. The topological polar surface area (TPSA) is 54.9 Å². The summed E-state index contributed by atoms with van der Waals surface area (Å²) >= 11 is 7.28. The number of halogens is 2. The molecule has 1 aliphatic carbocycles. The number of pyridine rings is 1. The monoisotopic (exact) mass is 361 g/mol. The summed E-state index contributed by atoms with van der Waals surface area (Å²) in [7, 11) is 0. The van der Waals surface area contributed by atoms with Crippen LogP contribution in [0.2, 0.25) is 5.15 Å². The number of carbonyl (C=O) groups is 1. The van der Waals surface area contributed by atoms with E-state index >= 15 is 0 Å². The molecule has 0 aliphatic heterocycles. The van der Waals surface area contributed by atoms with Crippen molar-refractivity contribution >= 4 is 44.2 Å². The van der Waals surface area contributed by atoms with Crippen molar-refractivity contribution in [3.63, 3.8) is 0 Å². The summed E-state index contributed by atoms with van der Waals surface area (Å²) in [4.78, 5) is 20.3. The van der Waals surface area contributed by atoms with Crippen LogP contribution in [-0.2, 0) is 4.79 Å². The van der Waals surface area contributed by atoms with E-state index in [9.17, 15) is 9.18 Å². The molecule has 3 aromatic rings. The van der Waals surface area contributed by atoms with Crippen molar-refractivity contribution in [2.75, 3.05) is 5.32 Å². The lowest BCUT2D eigenvalue weighted by Gasteiger charge is -2.05. The number of hydrogen-bond acceptors (Lipinski definition) is 4. The van der Waals surface area contributed by atoms with Crippen molar-refractivity contribution in [2.24, 2.45) is 5.92 Å². The van der Waals surface area contributed by atoms with Gasteiger partial charge < -0.3 is 5.32 Å². The second-order valence-corrected chi connectivity index (χ2v) is 7.29. The van der Waals surface area contributed by atoms with Crippen molar-refractivity contribution < 1.29 is 9.18 Å². The van der Waals surface area contributed by atoms with Gasteiger partial charge in [0.05, 0.1) is 16.1 Å². The number of hydrogen-bond donors (Lipinski definition) is 1. The van der Waals surface area contributed by atoms with Gasteiger partial charge >= 0.3 is 0 Å². The van der Waals surface area contributed by atoms with Crippen LogP contribution in [-0.4, -0.2) is 22.0 Å². The maximum atomic E-state index is 12.9. The number of nitrogens with zero attached hydrogens (tertiary/aromatic N) is 2. The Bertz CT molecular complexity index is 958. The molecule has 1 fully saturated rings. The fourth-order valence-electron chi connectivity index (χ4n) is 2.60. The van der Waals surface area contributed by atoms with E-state index < -0.39 is 12.1 Å². The Labute approximate surface area is 146 Å². The molecule has 1 N–H and O–H groups in total. The highest BCUT2D eigenvalue weighted by Gasteiger charge is 2.43. The minimum atomic E-state index is -1.01. The van der Waals surface area contributed by atoms with Gasteiger partial charge in [-0.05, 0) is 42.7 Å². The Balaban J connectivity index is 1.64. The van der Waals surface area contributed by atoms with Crippen LogP contribution in [0.3, 0.4) is 0 Å². The van der Waals surface area contributed by atoms with Crippen LogP contribution < -0.4 is 5.32 Å². The van der Waals surface area contributed by atoms with Crippen LogP contribution in [0, 0.1) is 12.8 Å². The Morgan fingerprint density at radius 1 is 1.42 bits per heavy atom. The summed E-state index contributed by atoms with van der Waals surface area (Å²) in [6.07, 6.45) is 1.05. The molecule has 4 rings (SSSR count). The SMILES string of the molecule is Cc1cc(Cl)ncc1-c1ccc2nc(NC(=O)[C@@H]3C[C@@H]3F)sc2c1. The van der Waals surface area contributed by atoms with Gasteiger partial charge in [-0.25, -0.2) is 14.4 Å². The van der Waals surface area contributed by atoms with E-state index in [-0.39, 0.29) is 5.91 Å². The molecule has 2 atom stereocenters. The number of rotatable bonds is 3. The lowest BCUT2D eigenvalue weighted by atomic mass is 10.0. The minimum Gasteiger partial charge on any atom is -0.302 e. The maximum Gasteiger partial charge on any atom is 0.232 e. The van der Waals surface area contributed by atoms with E-state index in [1.54, 1.807) is 6.20 Å². The first-order chi connectivity index (χ1) is 11.5. The van der Waals surface area contributed by atoms with E-state index in [0.29, 0.717) is 16.7 Å². The smallest absolute Gasteiger partial charge is 0.232 e. The van der Waals surface area contributed by atoms with E-state index in [4.69, 9.17) is 11.6 Å². The third-order valence-corrected chi connectivity index (χ3v) is 5.20. The molecule has 0 spiro atoms. The molecule has 1 amide bonds. The fraction of sp³-hybridized carbons (Fsp3) is 0.235. The summed E-state index contributed by atoms with van der Waals surface area (Å²) in [6.45, 7) is 1.98. The first-order valence-corrected chi connectivity index (χ1v) is 8.69. The zero-order valence-corrected chi connectivity index (χ0v) is 14.3. The second-order valence-electron chi connectivity index (χ2n) is 5.87. The number of nitrogens with one attached hydrogen (secondary N) is 1. The highest BCUT2D eigenvalue weighted by atomic mass is 35.5. The molecule has 24 heavy (non-hydrogen) atoms. The third kappa shape index (κ3) is 2.87. The molecule has 1 saturated carbocycles. The molecule has 1 aliphatic rings. The predicted molar refractivity (Wildman–Crippen MR) is 94.2 cm³/mol. The van der Waals surface area contributed by atoms with Crippen LogP contribution in [0.5, 0.6) is 0 Å².